The number of ether oxygens (including phenoxy) is 1. The van der Waals surface area contributed by atoms with Crippen molar-refractivity contribution >= 4 is 54.2 Å². The van der Waals surface area contributed by atoms with Gasteiger partial charge in [-0.2, -0.15) is 0 Å². The first-order chi connectivity index (χ1) is 13.4. The third-order valence-corrected chi connectivity index (χ3v) is 5.70. The highest BCUT2D eigenvalue weighted by molar-refractivity contribution is 7.26. The molecule has 0 aliphatic rings. The molecule has 0 aliphatic heterocycles. The lowest BCUT2D eigenvalue weighted by atomic mass is 10.0. The number of carbonyl (C=O) groups is 1. The van der Waals surface area contributed by atoms with Gasteiger partial charge in [0.25, 0.3) is 5.56 Å². The molecule has 0 unspecified atom stereocenters. The number of nitrogens with zero attached hydrogens (tertiary/aromatic N) is 1. The predicted octanol–water partition coefficient (Wildman–Crippen LogP) is 3.80. The van der Waals surface area contributed by atoms with Crippen LogP contribution in [-0.4, -0.2) is 29.9 Å². The van der Waals surface area contributed by atoms with Gasteiger partial charge in [-0.3, -0.25) is 9.79 Å². The number of aromatic nitrogens is 1. The van der Waals surface area contributed by atoms with Gasteiger partial charge in [0.1, 0.15) is 10.5 Å². The zero-order chi connectivity index (χ0) is 20.0. The van der Waals surface area contributed by atoms with E-state index >= 15 is 0 Å². The van der Waals surface area contributed by atoms with E-state index in [4.69, 9.17) is 10.5 Å². The molecule has 4 aromatic rings. The molecule has 4 rings (SSSR count). The van der Waals surface area contributed by atoms with Crippen molar-refractivity contribution < 1.29 is 9.53 Å². The first-order valence-electron chi connectivity index (χ1n) is 8.83. The Morgan fingerprint density at radius 1 is 1.14 bits per heavy atom. The zero-order valence-corrected chi connectivity index (χ0v) is 16.5. The lowest BCUT2D eigenvalue weighted by molar-refractivity contribution is 0.0601. The summed E-state index contributed by atoms with van der Waals surface area (Å²) in [4.78, 5) is 31.9. The molecule has 0 saturated heterocycles. The Labute approximate surface area is 164 Å². The van der Waals surface area contributed by atoms with Crippen molar-refractivity contribution in [2.45, 2.75) is 19.9 Å². The van der Waals surface area contributed by atoms with Gasteiger partial charge in [-0.15, -0.1) is 11.3 Å². The molecule has 0 fully saturated rings. The summed E-state index contributed by atoms with van der Waals surface area (Å²) in [5.41, 5.74) is 7.89. The maximum atomic E-state index is 12.6. The summed E-state index contributed by atoms with van der Waals surface area (Å²) in [5.74, 6) is 0.0573. The quantitative estimate of drug-likeness (QED) is 0.314. The SMILES string of the molecule is COC(=O)c1ccc2[nH]c(=O)c3sc4cc(C(N)=NC(C)C)ccc4c3c2c1. The smallest absolute Gasteiger partial charge is 0.337 e. The van der Waals surface area contributed by atoms with Crippen molar-refractivity contribution in [1.29, 1.82) is 0 Å². The van der Waals surface area contributed by atoms with E-state index in [1.807, 2.05) is 32.0 Å². The van der Waals surface area contributed by atoms with Gasteiger partial charge in [0.15, 0.2) is 0 Å². The van der Waals surface area contributed by atoms with E-state index in [2.05, 4.69) is 9.98 Å². The van der Waals surface area contributed by atoms with Gasteiger partial charge in [-0.1, -0.05) is 12.1 Å². The summed E-state index contributed by atoms with van der Waals surface area (Å²) in [6.07, 6.45) is 0. The van der Waals surface area contributed by atoms with Crippen molar-refractivity contribution in [2.75, 3.05) is 7.11 Å². The number of rotatable bonds is 3. The first kappa shape index (κ1) is 18.2. The van der Waals surface area contributed by atoms with Crippen LogP contribution in [0.15, 0.2) is 46.2 Å². The van der Waals surface area contributed by atoms with Gasteiger partial charge in [-0.25, -0.2) is 4.79 Å². The van der Waals surface area contributed by atoms with Crippen molar-refractivity contribution in [3.8, 4) is 0 Å². The van der Waals surface area contributed by atoms with E-state index in [1.54, 1.807) is 18.2 Å². The van der Waals surface area contributed by atoms with Crippen LogP contribution in [0, 0.1) is 0 Å². The highest BCUT2D eigenvalue weighted by Crippen LogP contribution is 2.36. The zero-order valence-electron chi connectivity index (χ0n) is 15.7. The number of carbonyl (C=O) groups excluding carboxylic acids is 1. The number of amidine groups is 1. The van der Waals surface area contributed by atoms with Crippen LogP contribution in [0.2, 0.25) is 0 Å². The number of benzene rings is 2. The van der Waals surface area contributed by atoms with E-state index in [1.165, 1.54) is 18.4 Å². The van der Waals surface area contributed by atoms with Crippen molar-refractivity contribution in [1.82, 2.24) is 4.98 Å². The number of hydrogen-bond acceptors (Lipinski definition) is 5. The molecular formula is C21H19N3O3S. The fraction of sp³-hybridized carbons (Fsp3) is 0.190. The maximum absolute atomic E-state index is 12.6. The lowest BCUT2D eigenvalue weighted by Gasteiger charge is -2.05. The second kappa shape index (κ2) is 6.76. The fourth-order valence-corrected chi connectivity index (χ4v) is 4.47. The Bertz CT molecular complexity index is 1330. The monoisotopic (exact) mass is 393 g/mol. The molecule has 0 saturated carbocycles. The molecule has 2 aromatic carbocycles. The van der Waals surface area contributed by atoms with E-state index in [9.17, 15) is 9.59 Å². The Balaban J connectivity index is 2.04. The van der Waals surface area contributed by atoms with Crippen LogP contribution < -0.4 is 11.3 Å². The van der Waals surface area contributed by atoms with Crippen LogP contribution in [-0.2, 0) is 4.74 Å². The number of hydrogen-bond donors (Lipinski definition) is 2. The predicted molar refractivity (Wildman–Crippen MR) is 115 cm³/mol. The van der Waals surface area contributed by atoms with Gasteiger partial charge in [-0.05, 0) is 38.1 Å². The van der Waals surface area contributed by atoms with Gasteiger partial charge >= 0.3 is 5.97 Å². The molecule has 28 heavy (non-hydrogen) atoms. The maximum Gasteiger partial charge on any atom is 0.337 e. The number of esters is 1. The number of nitrogens with one attached hydrogen (secondary N) is 1. The summed E-state index contributed by atoms with van der Waals surface area (Å²) >= 11 is 1.40. The fourth-order valence-electron chi connectivity index (χ4n) is 3.32. The molecule has 0 amide bonds. The molecule has 0 bridgehead atoms. The number of aromatic amines is 1. The molecule has 2 aromatic heterocycles. The average Bonchev–Trinajstić information content (AvgIpc) is 3.06. The summed E-state index contributed by atoms with van der Waals surface area (Å²) in [6, 6.07) is 11.0. The van der Waals surface area contributed by atoms with Crippen molar-refractivity contribution in [3.05, 3.63) is 57.9 Å². The number of thiophene rings is 1. The van der Waals surface area contributed by atoms with E-state index in [0.29, 0.717) is 21.6 Å². The number of H-pyrrole nitrogens is 1. The molecule has 0 radical (unpaired) electrons. The molecule has 7 heteroatoms. The van der Waals surface area contributed by atoms with Crippen LogP contribution in [0.4, 0.5) is 0 Å². The Morgan fingerprint density at radius 3 is 2.61 bits per heavy atom. The summed E-state index contributed by atoms with van der Waals surface area (Å²) in [6.45, 7) is 3.94. The highest BCUT2D eigenvalue weighted by atomic mass is 32.1. The summed E-state index contributed by atoms with van der Waals surface area (Å²) in [5, 5.41) is 2.58. The molecular weight excluding hydrogens is 374 g/mol. The van der Waals surface area contributed by atoms with Crippen LogP contribution in [0.1, 0.15) is 29.8 Å². The minimum absolute atomic E-state index is 0.0987. The number of nitrogens with two attached hydrogens (primary N) is 1. The Hall–Kier alpha value is -3.19. The molecule has 0 atom stereocenters. The van der Waals surface area contributed by atoms with Gasteiger partial charge in [0.2, 0.25) is 0 Å². The average molecular weight is 393 g/mol. The standard InChI is InChI=1S/C21H19N3O3S/c1-10(2)23-19(22)11-4-6-13-16(9-11)28-18-17(13)14-8-12(21(26)27-3)5-7-15(14)24-20(18)25/h4-10H,1-3H3,(H2,22,23)(H,24,25). The number of pyridine rings is 1. The summed E-state index contributed by atoms with van der Waals surface area (Å²) in [7, 11) is 1.35. The van der Waals surface area contributed by atoms with Gasteiger partial charge in [0.05, 0.1) is 12.7 Å². The second-order valence-electron chi connectivity index (χ2n) is 6.83. The first-order valence-corrected chi connectivity index (χ1v) is 9.65. The second-order valence-corrected chi connectivity index (χ2v) is 7.88. The topological polar surface area (TPSA) is 97.5 Å². The van der Waals surface area contributed by atoms with Gasteiger partial charge < -0.3 is 15.5 Å². The minimum Gasteiger partial charge on any atom is -0.465 e. The van der Waals surface area contributed by atoms with E-state index < -0.39 is 5.97 Å². The van der Waals surface area contributed by atoms with Crippen LogP contribution in [0.5, 0.6) is 0 Å². The molecule has 2 heterocycles. The lowest BCUT2D eigenvalue weighted by Crippen LogP contribution is -2.15. The normalized spacial score (nSPS) is 12.4. The highest BCUT2D eigenvalue weighted by Gasteiger charge is 2.15. The largest absolute Gasteiger partial charge is 0.465 e. The van der Waals surface area contributed by atoms with Gasteiger partial charge in [0, 0.05) is 38.0 Å². The third kappa shape index (κ3) is 2.93. The van der Waals surface area contributed by atoms with E-state index in [0.717, 1.165) is 26.4 Å². The minimum atomic E-state index is -0.416. The molecule has 0 aliphatic carbocycles. The molecule has 6 nitrogen and oxygen atoms in total. The third-order valence-electron chi connectivity index (χ3n) is 4.55. The van der Waals surface area contributed by atoms with Crippen LogP contribution >= 0.6 is 11.3 Å². The van der Waals surface area contributed by atoms with E-state index in [-0.39, 0.29) is 11.6 Å². The Kier molecular flexibility index (Phi) is 4.39. The van der Waals surface area contributed by atoms with Crippen molar-refractivity contribution in [2.24, 2.45) is 10.7 Å². The number of fused-ring (bicyclic) bond motifs is 5. The summed E-state index contributed by atoms with van der Waals surface area (Å²) < 4.78 is 6.38. The Morgan fingerprint density at radius 2 is 1.89 bits per heavy atom. The van der Waals surface area contributed by atoms with Crippen LogP contribution in [0.25, 0.3) is 31.1 Å². The molecule has 0 spiro atoms. The molecule has 142 valence electrons. The number of aliphatic imine (C=N–C) groups is 1. The van der Waals surface area contributed by atoms with Crippen LogP contribution in [0.3, 0.4) is 0 Å². The van der Waals surface area contributed by atoms with Crippen molar-refractivity contribution in [3.63, 3.8) is 0 Å². The molecule has 3 N–H and O–H groups in total. The number of methoxy groups -OCH3 is 1.